The van der Waals surface area contributed by atoms with Gasteiger partial charge in [-0.05, 0) is 43.6 Å². The highest BCUT2D eigenvalue weighted by molar-refractivity contribution is 5.73. The zero-order chi connectivity index (χ0) is 15.8. The van der Waals surface area contributed by atoms with E-state index in [0.717, 1.165) is 19.6 Å². The molecule has 0 aliphatic carbocycles. The van der Waals surface area contributed by atoms with E-state index < -0.39 is 6.10 Å². The Kier molecular flexibility index (Phi) is 6.61. The van der Waals surface area contributed by atoms with Gasteiger partial charge in [0.25, 0.3) is 0 Å². The number of halogens is 1. The van der Waals surface area contributed by atoms with Crippen LogP contribution in [0.2, 0.25) is 0 Å². The van der Waals surface area contributed by atoms with Gasteiger partial charge in [-0.1, -0.05) is 18.6 Å². The molecule has 1 aliphatic heterocycles. The van der Waals surface area contributed by atoms with E-state index in [9.17, 15) is 14.3 Å². The highest BCUT2D eigenvalue weighted by Gasteiger charge is 2.11. The number of nitrogens with zero attached hydrogens (tertiary/aromatic N) is 1. The van der Waals surface area contributed by atoms with Crippen molar-refractivity contribution in [3.63, 3.8) is 0 Å². The minimum Gasteiger partial charge on any atom is -0.387 e. The van der Waals surface area contributed by atoms with Gasteiger partial charge in [0.05, 0.1) is 6.10 Å². The van der Waals surface area contributed by atoms with E-state index in [0.29, 0.717) is 12.1 Å². The quantitative estimate of drug-likeness (QED) is 0.748. The number of nitrogens with one attached hydrogen (secondary N) is 2. The summed E-state index contributed by atoms with van der Waals surface area (Å²) < 4.78 is 12.8. The van der Waals surface area contributed by atoms with Crippen molar-refractivity contribution in [2.45, 2.75) is 25.4 Å². The number of aliphatic hydroxyl groups excluding tert-OH is 1. The number of amides is 2. The summed E-state index contributed by atoms with van der Waals surface area (Å²) in [7, 11) is 0. The summed E-state index contributed by atoms with van der Waals surface area (Å²) in [5, 5.41) is 15.3. The Bertz CT molecular complexity index is 461. The predicted molar refractivity (Wildman–Crippen MR) is 83.1 cm³/mol. The van der Waals surface area contributed by atoms with Crippen LogP contribution < -0.4 is 10.6 Å². The summed E-state index contributed by atoms with van der Waals surface area (Å²) in [5.74, 6) is -0.348. The van der Waals surface area contributed by atoms with E-state index in [4.69, 9.17) is 0 Å². The van der Waals surface area contributed by atoms with Crippen molar-refractivity contribution in [2.75, 3.05) is 32.7 Å². The van der Waals surface area contributed by atoms with Crippen LogP contribution in [-0.4, -0.2) is 48.8 Å². The normalized spacial score (nSPS) is 17.0. The van der Waals surface area contributed by atoms with E-state index in [1.165, 1.54) is 43.5 Å². The van der Waals surface area contributed by atoms with Gasteiger partial charge in [0, 0.05) is 19.6 Å². The Hall–Kier alpha value is -1.66. The minimum atomic E-state index is -0.839. The molecule has 1 aromatic rings. The highest BCUT2D eigenvalue weighted by atomic mass is 19.1. The van der Waals surface area contributed by atoms with Gasteiger partial charge in [-0.25, -0.2) is 9.18 Å². The highest BCUT2D eigenvalue weighted by Crippen LogP contribution is 2.12. The second-order valence-corrected chi connectivity index (χ2v) is 5.61. The number of aliphatic hydroxyl groups is 1. The Morgan fingerprint density at radius 2 is 1.86 bits per heavy atom. The van der Waals surface area contributed by atoms with Crippen LogP contribution >= 0.6 is 0 Å². The molecule has 1 aromatic carbocycles. The SMILES string of the molecule is O=C(NCCN1CCCCC1)NCC(O)c1ccc(F)cc1. The first-order valence-corrected chi connectivity index (χ1v) is 7.83. The molecule has 1 saturated heterocycles. The summed E-state index contributed by atoms with van der Waals surface area (Å²) in [6.45, 7) is 3.76. The number of likely N-dealkylation sites (tertiary alicyclic amines) is 1. The van der Waals surface area contributed by atoms with Gasteiger partial charge in [-0.3, -0.25) is 0 Å². The van der Waals surface area contributed by atoms with Crippen LogP contribution in [0.5, 0.6) is 0 Å². The second kappa shape index (κ2) is 8.70. The number of rotatable bonds is 6. The van der Waals surface area contributed by atoms with Crippen molar-refractivity contribution in [3.05, 3.63) is 35.6 Å². The maximum atomic E-state index is 12.8. The number of carbonyl (C=O) groups is 1. The zero-order valence-electron chi connectivity index (χ0n) is 12.7. The fourth-order valence-corrected chi connectivity index (χ4v) is 2.57. The fourth-order valence-electron chi connectivity index (χ4n) is 2.57. The summed E-state index contributed by atoms with van der Waals surface area (Å²) in [4.78, 5) is 14.0. The molecule has 0 spiro atoms. The van der Waals surface area contributed by atoms with Crippen LogP contribution in [-0.2, 0) is 0 Å². The second-order valence-electron chi connectivity index (χ2n) is 5.61. The van der Waals surface area contributed by atoms with Gasteiger partial charge in [0.15, 0.2) is 0 Å². The molecule has 1 unspecified atom stereocenters. The van der Waals surface area contributed by atoms with Crippen molar-refractivity contribution in [3.8, 4) is 0 Å². The Morgan fingerprint density at radius 1 is 1.18 bits per heavy atom. The van der Waals surface area contributed by atoms with E-state index >= 15 is 0 Å². The van der Waals surface area contributed by atoms with E-state index in [1.807, 2.05) is 0 Å². The molecule has 0 bridgehead atoms. The lowest BCUT2D eigenvalue weighted by atomic mass is 10.1. The minimum absolute atomic E-state index is 0.0984. The maximum Gasteiger partial charge on any atom is 0.314 e. The van der Waals surface area contributed by atoms with Gasteiger partial charge in [-0.2, -0.15) is 0 Å². The molecule has 0 aromatic heterocycles. The fraction of sp³-hybridized carbons (Fsp3) is 0.562. The Balaban J connectivity index is 1.61. The van der Waals surface area contributed by atoms with Crippen molar-refractivity contribution >= 4 is 6.03 Å². The Morgan fingerprint density at radius 3 is 2.55 bits per heavy atom. The first-order valence-electron chi connectivity index (χ1n) is 7.83. The van der Waals surface area contributed by atoms with Crippen LogP contribution in [0.15, 0.2) is 24.3 Å². The van der Waals surface area contributed by atoms with Crippen molar-refractivity contribution < 1.29 is 14.3 Å². The van der Waals surface area contributed by atoms with Crippen LogP contribution in [0.25, 0.3) is 0 Å². The average Bonchev–Trinajstić information content (AvgIpc) is 2.54. The number of hydrogen-bond acceptors (Lipinski definition) is 3. The number of carbonyl (C=O) groups excluding carboxylic acids is 1. The first kappa shape index (κ1) is 16.7. The summed E-state index contributed by atoms with van der Waals surface area (Å²) >= 11 is 0. The van der Waals surface area contributed by atoms with Gasteiger partial charge >= 0.3 is 6.03 Å². The molecule has 1 aliphatic rings. The lowest BCUT2D eigenvalue weighted by Crippen LogP contribution is -2.42. The number of hydrogen-bond donors (Lipinski definition) is 3. The monoisotopic (exact) mass is 309 g/mol. The molecule has 6 heteroatoms. The topological polar surface area (TPSA) is 64.6 Å². The molecule has 1 atom stereocenters. The molecular weight excluding hydrogens is 285 g/mol. The summed E-state index contributed by atoms with van der Waals surface area (Å²) in [6, 6.07) is 5.30. The van der Waals surface area contributed by atoms with Crippen molar-refractivity contribution in [2.24, 2.45) is 0 Å². The Labute approximate surface area is 130 Å². The van der Waals surface area contributed by atoms with Gasteiger partial charge in [0.1, 0.15) is 5.82 Å². The van der Waals surface area contributed by atoms with Gasteiger partial charge in [-0.15, -0.1) is 0 Å². The largest absolute Gasteiger partial charge is 0.387 e. The molecule has 0 saturated carbocycles. The summed E-state index contributed by atoms with van der Waals surface area (Å²) in [6.07, 6.45) is 2.92. The number of piperidine rings is 1. The lowest BCUT2D eigenvalue weighted by Gasteiger charge is -2.26. The van der Waals surface area contributed by atoms with Crippen LogP contribution in [0, 0.1) is 5.82 Å². The third kappa shape index (κ3) is 5.61. The molecule has 1 fully saturated rings. The van der Waals surface area contributed by atoms with Crippen molar-refractivity contribution in [1.29, 1.82) is 0 Å². The van der Waals surface area contributed by atoms with Gasteiger partial charge < -0.3 is 20.6 Å². The van der Waals surface area contributed by atoms with E-state index in [1.54, 1.807) is 0 Å². The molecule has 2 rings (SSSR count). The van der Waals surface area contributed by atoms with Gasteiger partial charge in [0.2, 0.25) is 0 Å². The molecule has 2 amide bonds. The standard InChI is InChI=1S/C16H24FN3O2/c17-14-6-4-13(5-7-14)15(21)12-19-16(22)18-8-11-20-9-2-1-3-10-20/h4-7,15,21H,1-3,8-12H2,(H2,18,19,22). The van der Waals surface area contributed by atoms with Crippen LogP contribution in [0.1, 0.15) is 30.9 Å². The average molecular weight is 309 g/mol. The predicted octanol–water partition coefficient (Wildman–Crippen LogP) is 1.64. The molecule has 1 heterocycles. The molecule has 5 nitrogen and oxygen atoms in total. The third-order valence-corrected chi connectivity index (χ3v) is 3.87. The smallest absolute Gasteiger partial charge is 0.314 e. The maximum absolute atomic E-state index is 12.8. The van der Waals surface area contributed by atoms with E-state index in [2.05, 4.69) is 15.5 Å². The van der Waals surface area contributed by atoms with Crippen LogP contribution in [0.4, 0.5) is 9.18 Å². The summed E-state index contributed by atoms with van der Waals surface area (Å²) in [5.41, 5.74) is 0.579. The third-order valence-electron chi connectivity index (χ3n) is 3.87. The first-order chi connectivity index (χ1) is 10.6. The molecule has 3 N–H and O–H groups in total. The molecular formula is C16H24FN3O2. The number of urea groups is 1. The lowest BCUT2D eigenvalue weighted by molar-refractivity contribution is 0.172. The van der Waals surface area contributed by atoms with E-state index in [-0.39, 0.29) is 18.4 Å². The molecule has 0 radical (unpaired) electrons. The molecule has 22 heavy (non-hydrogen) atoms. The zero-order valence-corrected chi connectivity index (χ0v) is 12.7. The molecule has 122 valence electrons. The van der Waals surface area contributed by atoms with Crippen molar-refractivity contribution in [1.82, 2.24) is 15.5 Å². The number of benzene rings is 1. The van der Waals surface area contributed by atoms with Crippen LogP contribution in [0.3, 0.4) is 0 Å².